The molecule has 1 aromatic heterocycles. The van der Waals surface area contributed by atoms with Crippen molar-refractivity contribution in [1.29, 1.82) is 0 Å². The number of aromatic nitrogens is 1. The Morgan fingerprint density at radius 3 is 2.70 bits per heavy atom. The summed E-state index contributed by atoms with van der Waals surface area (Å²) in [5.74, 6) is -0.603. The number of hydrogen-bond donors (Lipinski definition) is 1. The van der Waals surface area contributed by atoms with E-state index in [9.17, 15) is 17.6 Å². The van der Waals surface area contributed by atoms with Crippen LogP contribution in [0.5, 0.6) is 0 Å². The molecule has 1 fully saturated rings. The summed E-state index contributed by atoms with van der Waals surface area (Å²) in [5.41, 5.74) is 8.19. The smallest absolute Gasteiger partial charge is 0.243 e. The van der Waals surface area contributed by atoms with Crippen LogP contribution in [0.3, 0.4) is 0 Å². The lowest BCUT2D eigenvalue weighted by Crippen LogP contribution is -2.53. The number of allylic oxidation sites excluding steroid dienone is 2. The van der Waals surface area contributed by atoms with E-state index in [1.54, 1.807) is 41.9 Å². The number of nitrogens with two attached hydrogens (primary N) is 1. The lowest BCUT2D eigenvalue weighted by Gasteiger charge is -2.45. The van der Waals surface area contributed by atoms with Crippen molar-refractivity contribution in [2.45, 2.75) is 24.7 Å². The minimum Gasteiger partial charge on any atom is -0.404 e. The SMILES string of the molecule is Cc1cccc(S(=O)(=O)N2CCC3=CC(=Nc4ccc(F)cc4)C(=CN)CC3(C(=O)c3nccs3)C2)c1. The van der Waals surface area contributed by atoms with Crippen molar-refractivity contribution in [1.82, 2.24) is 9.29 Å². The molecule has 1 aliphatic heterocycles. The summed E-state index contributed by atoms with van der Waals surface area (Å²) in [7, 11) is -3.85. The van der Waals surface area contributed by atoms with Crippen molar-refractivity contribution in [3.05, 3.63) is 99.9 Å². The van der Waals surface area contributed by atoms with E-state index < -0.39 is 15.4 Å². The second-order valence-electron chi connectivity index (χ2n) is 9.17. The number of aliphatic imine (C=N–C) groups is 1. The largest absolute Gasteiger partial charge is 0.404 e. The summed E-state index contributed by atoms with van der Waals surface area (Å²) in [5, 5.41) is 2.04. The van der Waals surface area contributed by atoms with Crippen molar-refractivity contribution in [2.75, 3.05) is 13.1 Å². The average molecular weight is 537 g/mol. The number of benzene rings is 2. The van der Waals surface area contributed by atoms with E-state index in [4.69, 9.17) is 5.73 Å². The number of halogens is 1. The van der Waals surface area contributed by atoms with E-state index in [1.807, 2.05) is 19.1 Å². The van der Waals surface area contributed by atoms with Crippen LogP contribution in [0.1, 0.15) is 28.2 Å². The summed E-state index contributed by atoms with van der Waals surface area (Å²) in [6.07, 6.45) is 5.32. The van der Waals surface area contributed by atoms with Gasteiger partial charge < -0.3 is 5.73 Å². The van der Waals surface area contributed by atoms with E-state index in [2.05, 4.69) is 9.98 Å². The second kappa shape index (κ2) is 9.77. The minimum absolute atomic E-state index is 0.0330. The molecular formula is C27H25FN4O3S2. The number of sulfonamides is 1. The first-order chi connectivity index (χ1) is 17.7. The molecule has 1 aliphatic carbocycles. The maximum atomic E-state index is 14.0. The number of rotatable bonds is 5. The molecule has 2 aromatic carbocycles. The predicted molar refractivity (Wildman–Crippen MR) is 142 cm³/mol. The highest BCUT2D eigenvalue weighted by atomic mass is 32.2. The summed E-state index contributed by atoms with van der Waals surface area (Å²) < 4.78 is 42.1. The van der Waals surface area contributed by atoms with Gasteiger partial charge in [0, 0.05) is 24.7 Å². The number of fused-ring (bicyclic) bond motifs is 1. The van der Waals surface area contributed by atoms with Crippen molar-refractivity contribution >= 4 is 38.5 Å². The highest BCUT2D eigenvalue weighted by molar-refractivity contribution is 7.89. The van der Waals surface area contributed by atoms with Crippen LogP contribution in [-0.4, -0.2) is 42.3 Å². The fourth-order valence-corrected chi connectivity index (χ4v) is 7.17. The molecule has 2 N–H and O–H groups in total. The molecule has 2 aliphatic rings. The number of carbonyl (C=O) groups is 1. The number of piperidine rings is 1. The predicted octanol–water partition coefficient (Wildman–Crippen LogP) is 4.80. The van der Waals surface area contributed by atoms with Gasteiger partial charge in [0.15, 0.2) is 5.01 Å². The third kappa shape index (κ3) is 4.68. The maximum absolute atomic E-state index is 14.0. The minimum atomic E-state index is -3.85. The van der Waals surface area contributed by atoms with Gasteiger partial charge in [-0.25, -0.2) is 22.8 Å². The summed E-state index contributed by atoms with van der Waals surface area (Å²) in [4.78, 5) is 23.1. The first kappa shape index (κ1) is 25.2. The zero-order valence-corrected chi connectivity index (χ0v) is 21.7. The Kier molecular flexibility index (Phi) is 6.65. The lowest BCUT2D eigenvalue weighted by molar-refractivity contribution is 0.0776. The molecule has 0 spiro atoms. The van der Waals surface area contributed by atoms with Gasteiger partial charge in [0.05, 0.1) is 21.7 Å². The van der Waals surface area contributed by atoms with Crippen LogP contribution < -0.4 is 5.73 Å². The molecule has 3 aromatic rings. The van der Waals surface area contributed by atoms with E-state index in [0.717, 1.165) is 11.1 Å². The van der Waals surface area contributed by atoms with Crippen LogP contribution >= 0.6 is 11.3 Å². The topological polar surface area (TPSA) is 106 Å². The number of thiazole rings is 1. The standard InChI is InChI=1S/C27H25FN4O3S2/c1-18-3-2-4-23(13-18)37(34,35)32-11-9-20-14-24(31-22-7-5-21(28)6-8-22)19(16-29)15-27(20,17-32)25(33)26-30-10-12-36-26/h2-8,10,12-14,16H,9,11,15,17,29H2,1H3. The maximum Gasteiger partial charge on any atom is 0.243 e. The number of carbonyl (C=O) groups excluding carboxylic acids is 1. The Morgan fingerprint density at radius 2 is 2.03 bits per heavy atom. The van der Waals surface area contributed by atoms with E-state index in [0.29, 0.717) is 28.4 Å². The quantitative estimate of drug-likeness (QED) is 0.472. The fraction of sp³-hybridized carbons (Fsp3) is 0.222. The number of nitrogens with zero attached hydrogens (tertiary/aromatic N) is 3. The molecule has 2 heterocycles. The van der Waals surface area contributed by atoms with Gasteiger partial charge >= 0.3 is 0 Å². The molecule has 1 unspecified atom stereocenters. The van der Waals surface area contributed by atoms with E-state index >= 15 is 0 Å². The third-order valence-corrected chi connectivity index (χ3v) is 9.40. The monoisotopic (exact) mass is 536 g/mol. The highest BCUT2D eigenvalue weighted by Crippen LogP contribution is 2.48. The Hall–Kier alpha value is -3.47. The number of Topliss-reactive ketones (excluding diaryl/α,β-unsaturated/α-hetero) is 1. The van der Waals surface area contributed by atoms with Crippen LogP contribution in [0.25, 0.3) is 0 Å². The summed E-state index contributed by atoms with van der Waals surface area (Å²) >= 11 is 1.22. The molecule has 0 saturated carbocycles. The van der Waals surface area contributed by atoms with E-state index in [-0.39, 0.29) is 36.0 Å². The lowest BCUT2D eigenvalue weighted by atomic mass is 9.65. The zero-order chi connectivity index (χ0) is 26.2. The molecule has 190 valence electrons. The van der Waals surface area contributed by atoms with Crippen molar-refractivity contribution in [3.8, 4) is 0 Å². The molecule has 7 nitrogen and oxygen atoms in total. The van der Waals surface area contributed by atoms with Crippen LogP contribution in [0.15, 0.2) is 93.4 Å². The number of hydrogen-bond acceptors (Lipinski definition) is 7. The van der Waals surface area contributed by atoms with Crippen LogP contribution in [0, 0.1) is 18.2 Å². The number of aryl methyl sites for hydroxylation is 1. The van der Waals surface area contributed by atoms with Gasteiger partial charge in [0.25, 0.3) is 0 Å². The van der Waals surface area contributed by atoms with Gasteiger partial charge in [-0.2, -0.15) is 4.31 Å². The third-order valence-electron chi connectivity index (χ3n) is 6.79. The zero-order valence-electron chi connectivity index (χ0n) is 20.1. The van der Waals surface area contributed by atoms with Crippen molar-refractivity contribution < 1.29 is 17.6 Å². The molecular weight excluding hydrogens is 511 g/mol. The van der Waals surface area contributed by atoms with Gasteiger partial charge in [-0.05, 0) is 79.6 Å². The van der Waals surface area contributed by atoms with Crippen molar-refractivity contribution in [2.24, 2.45) is 16.1 Å². The van der Waals surface area contributed by atoms with Crippen LogP contribution in [0.4, 0.5) is 10.1 Å². The Labute approximate surface area is 218 Å². The Bertz CT molecular complexity index is 1540. The van der Waals surface area contributed by atoms with Crippen molar-refractivity contribution in [3.63, 3.8) is 0 Å². The van der Waals surface area contributed by atoms with Crippen LogP contribution in [-0.2, 0) is 10.0 Å². The van der Waals surface area contributed by atoms with Gasteiger partial charge in [0.1, 0.15) is 5.82 Å². The van der Waals surface area contributed by atoms with Gasteiger partial charge in [-0.3, -0.25) is 4.79 Å². The molecule has 0 radical (unpaired) electrons. The normalized spacial score (nSPS) is 22.6. The first-order valence-electron chi connectivity index (χ1n) is 11.7. The highest BCUT2D eigenvalue weighted by Gasteiger charge is 2.51. The first-order valence-corrected chi connectivity index (χ1v) is 14.0. The Morgan fingerprint density at radius 1 is 1.24 bits per heavy atom. The molecule has 0 bridgehead atoms. The Balaban J connectivity index is 1.61. The molecule has 1 saturated heterocycles. The van der Waals surface area contributed by atoms with Gasteiger partial charge in [-0.15, -0.1) is 11.3 Å². The fourth-order valence-electron chi connectivity index (χ4n) is 4.89. The number of ketones is 1. The molecule has 10 heteroatoms. The summed E-state index contributed by atoms with van der Waals surface area (Å²) in [6, 6.07) is 12.5. The summed E-state index contributed by atoms with van der Waals surface area (Å²) in [6.45, 7) is 2.03. The van der Waals surface area contributed by atoms with E-state index in [1.165, 1.54) is 34.0 Å². The molecule has 37 heavy (non-hydrogen) atoms. The molecule has 1 atom stereocenters. The molecule has 5 rings (SSSR count). The average Bonchev–Trinajstić information content (AvgIpc) is 3.44. The van der Waals surface area contributed by atoms with Gasteiger partial charge in [0.2, 0.25) is 15.8 Å². The van der Waals surface area contributed by atoms with Gasteiger partial charge in [-0.1, -0.05) is 17.7 Å². The molecule has 0 amide bonds. The van der Waals surface area contributed by atoms with Crippen LogP contribution in [0.2, 0.25) is 0 Å². The second-order valence-corrected chi connectivity index (χ2v) is 12.0.